The van der Waals surface area contributed by atoms with Gasteiger partial charge in [0.1, 0.15) is 0 Å². The normalized spacial score (nSPS) is 10.6. The van der Waals surface area contributed by atoms with E-state index in [-0.39, 0.29) is 0 Å². The van der Waals surface area contributed by atoms with E-state index in [1.807, 2.05) is 47.4 Å². The van der Waals surface area contributed by atoms with E-state index in [4.69, 9.17) is 0 Å². The van der Waals surface area contributed by atoms with E-state index in [1.54, 1.807) is 17.5 Å². The molecule has 0 aliphatic rings. The third-order valence-electron chi connectivity index (χ3n) is 2.50. The van der Waals surface area contributed by atoms with Crippen LogP contribution in [0, 0.1) is 0 Å². The molecule has 3 rings (SSSR count). The third kappa shape index (κ3) is 3.21. The van der Waals surface area contributed by atoms with E-state index in [1.165, 1.54) is 0 Å². The summed E-state index contributed by atoms with van der Waals surface area (Å²) in [5, 5.41) is 8.41. The van der Waals surface area contributed by atoms with Crippen LogP contribution in [0.2, 0.25) is 0 Å². The Balaban J connectivity index is 1.69. The fraction of sp³-hybridized carbons (Fsp3) is 0.0769. The van der Waals surface area contributed by atoms with Crippen LogP contribution < -0.4 is 5.32 Å². The quantitative estimate of drug-likeness (QED) is 0.786. The highest BCUT2D eigenvalue weighted by Gasteiger charge is 2.04. The molecule has 1 aromatic carbocycles. The topological polar surface area (TPSA) is 42.7 Å². The zero-order valence-corrected chi connectivity index (χ0v) is 12.4. The first-order valence-corrected chi connectivity index (χ1v) is 7.35. The van der Waals surface area contributed by atoms with E-state index in [0.29, 0.717) is 0 Å². The van der Waals surface area contributed by atoms with Gasteiger partial charge < -0.3 is 5.32 Å². The van der Waals surface area contributed by atoms with Gasteiger partial charge in [0.05, 0.1) is 17.2 Å². The molecule has 2 aromatic heterocycles. The molecule has 0 bridgehead atoms. The molecule has 0 fully saturated rings. The van der Waals surface area contributed by atoms with Gasteiger partial charge in [0.2, 0.25) is 0 Å². The Morgan fingerprint density at radius 3 is 2.79 bits per heavy atom. The molecule has 0 unspecified atom stereocenters. The van der Waals surface area contributed by atoms with Crippen molar-refractivity contribution in [1.29, 1.82) is 0 Å². The van der Waals surface area contributed by atoms with Crippen molar-refractivity contribution in [3.63, 3.8) is 0 Å². The summed E-state index contributed by atoms with van der Waals surface area (Å²) in [5.41, 5.74) is 1.05. The molecular formula is C13H11BrN4S. The van der Waals surface area contributed by atoms with Gasteiger partial charge in [-0.05, 0) is 28.1 Å². The molecule has 0 saturated carbocycles. The van der Waals surface area contributed by atoms with Crippen LogP contribution in [0.25, 0.3) is 0 Å². The van der Waals surface area contributed by atoms with E-state index < -0.39 is 0 Å². The molecule has 4 nitrogen and oxygen atoms in total. The largest absolute Gasteiger partial charge is 0.332 e. The summed E-state index contributed by atoms with van der Waals surface area (Å²) in [6.07, 6.45) is 5.61. The minimum absolute atomic E-state index is 0.736. The lowest BCUT2D eigenvalue weighted by Gasteiger charge is -2.00. The Labute approximate surface area is 123 Å². The van der Waals surface area contributed by atoms with Crippen molar-refractivity contribution in [2.45, 2.75) is 6.54 Å². The van der Waals surface area contributed by atoms with Gasteiger partial charge in [0.15, 0.2) is 5.13 Å². The Morgan fingerprint density at radius 2 is 2.05 bits per heavy atom. The molecular weight excluding hydrogens is 324 g/mol. The highest BCUT2D eigenvalue weighted by molar-refractivity contribution is 9.10. The van der Waals surface area contributed by atoms with Crippen molar-refractivity contribution < 1.29 is 0 Å². The number of halogens is 1. The number of hydrogen-bond donors (Lipinski definition) is 1. The first kappa shape index (κ1) is 12.4. The van der Waals surface area contributed by atoms with Crippen molar-refractivity contribution in [1.82, 2.24) is 14.8 Å². The van der Waals surface area contributed by atoms with Crippen molar-refractivity contribution in [3.05, 3.63) is 58.3 Å². The van der Waals surface area contributed by atoms with Crippen LogP contribution in [0.15, 0.2) is 53.4 Å². The van der Waals surface area contributed by atoms with E-state index in [2.05, 4.69) is 31.3 Å². The van der Waals surface area contributed by atoms with Gasteiger partial charge in [-0.3, -0.25) is 4.68 Å². The summed E-state index contributed by atoms with van der Waals surface area (Å²) in [6.45, 7) is 0.736. The molecule has 3 aromatic rings. The number of anilines is 2. The van der Waals surface area contributed by atoms with Gasteiger partial charge >= 0.3 is 0 Å². The highest BCUT2D eigenvalue weighted by Crippen LogP contribution is 2.23. The predicted molar refractivity (Wildman–Crippen MR) is 80.9 cm³/mol. The number of para-hydroxylation sites is 1. The van der Waals surface area contributed by atoms with Gasteiger partial charge in [0.25, 0.3) is 0 Å². The maximum atomic E-state index is 4.37. The zero-order chi connectivity index (χ0) is 13.1. The van der Waals surface area contributed by atoms with Gasteiger partial charge in [-0.2, -0.15) is 5.10 Å². The van der Waals surface area contributed by atoms with Crippen LogP contribution in [0.1, 0.15) is 4.88 Å². The summed E-state index contributed by atoms with van der Waals surface area (Å²) in [7, 11) is 0. The summed E-state index contributed by atoms with van der Waals surface area (Å²) in [6, 6.07) is 10.0. The molecule has 0 spiro atoms. The summed E-state index contributed by atoms with van der Waals surface area (Å²) >= 11 is 5.02. The van der Waals surface area contributed by atoms with Crippen molar-refractivity contribution in [3.8, 4) is 0 Å². The standard InChI is InChI=1S/C13H11BrN4S/c14-10-6-16-18(8-10)9-12-7-15-13(19-12)17-11-4-2-1-3-5-11/h1-8H,9H2,(H,15,17). The Kier molecular flexibility index (Phi) is 3.61. The molecule has 1 N–H and O–H groups in total. The molecule has 0 aliphatic carbocycles. The minimum atomic E-state index is 0.736. The van der Waals surface area contributed by atoms with Crippen molar-refractivity contribution in [2.24, 2.45) is 0 Å². The number of nitrogens with one attached hydrogen (secondary N) is 1. The lowest BCUT2D eigenvalue weighted by molar-refractivity contribution is 0.693. The summed E-state index contributed by atoms with van der Waals surface area (Å²) in [5.74, 6) is 0. The van der Waals surface area contributed by atoms with Crippen LogP contribution in [-0.2, 0) is 6.54 Å². The number of benzene rings is 1. The minimum Gasteiger partial charge on any atom is -0.332 e. The molecule has 0 radical (unpaired) electrons. The lowest BCUT2D eigenvalue weighted by Crippen LogP contribution is -1.97. The summed E-state index contributed by atoms with van der Waals surface area (Å²) in [4.78, 5) is 5.53. The Morgan fingerprint density at radius 1 is 1.21 bits per heavy atom. The van der Waals surface area contributed by atoms with E-state index in [0.717, 1.165) is 26.7 Å². The maximum Gasteiger partial charge on any atom is 0.187 e. The SMILES string of the molecule is Brc1cnn(Cc2cnc(Nc3ccccc3)s2)c1. The Bertz CT molecular complexity index is 662. The molecule has 96 valence electrons. The monoisotopic (exact) mass is 334 g/mol. The lowest BCUT2D eigenvalue weighted by atomic mass is 10.3. The first-order valence-electron chi connectivity index (χ1n) is 5.74. The number of hydrogen-bond acceptors (Lipinski definition) is 4. The van der Waals surface area contributed by atoms with Crippen molar-refractivity contribution in [2.75, 3.05) is 5.32 Å². The third-order valence-corrected chi connectivity index (χ3v) is 3.81. The number of rotatable bonds is 4. The molecule has 19 heavy (non-hydrogen) atoms. The maximum absolute atomic E-state index is 4.37. The fourth-order valence-electron chi connectivity index (χ4n) is 1.67. The second-order valence-electron chi connectivity index (χ2n) is 3.98. The predicted octanol–water partition coefficient (Wildman–Crippen LogP) is 3.89. The van der Waals surface area contributed by atoms with Crippen LogP contribution in [0.4, 0.5) is 10.8 Å². The van der Waals surface area contributed by atoms with Crippen LogP contribution >= 0.6 is 27.3 Å². The highest BCUT2D eigenvalue weighted by atomic mass is 79.9. The molecule has 0 amide bonds. The smallest absolute Gasteiger partial charge is 0.187 e. The van der Waals surface area contributed by atoms with E-state index >= 15 is 0 Å². The van der Waals surface area contributed by atoms with Crippen LogP contribution in [-0.4, -0.2) is 14.8 Å². The molecule has 0 atom stereocenters. The zero-order valence-electron chi connectivity index (χ0n) is 9.95. The van der Waals surface area contributed by atoms with Gasteiger partial charge in [0, 0.05) is 23.0 Å². The molecule has 0 aliphatic heterocycles. The molecule has 2 heterocycles. The average molecular weight is 335 g/mol. The molecule has 0 saturated heterocycles. The summed E-state index contributed by atoms with van der Waals surface area (Å²) < 4.78 is 2.86. The Hall–Kier alpha value is -1.66. The van der Waals surface area contributed by atoms with Gasteiger partial charge in [-0.15, -0.1) is 0 Å². The average Bonchev–Trinajstić information content (AvgIpc) is 3.01. The van der Waals surface area contributed by atoms with Gasteiger partial charge in [-0.25, -0.2) is 4.98 Å². The fourth-order valence-corrected chi connectivity index (χ4v) is 2.82. The van der Waals surface area contributed by atoms with E-state index in [9.17, 15) is 0 Å². The number of aromatic nitrogens is 3. The molecule has 6 heteroatoms. The number of thiazole rings is 1. The second-order valence-corrected chi connectivity index (χ2v) is 6.01. The van der Waals surface area contributed by atoms with Crippen LogP contribution in [0.3, 0.4) is 0 Å². The van der Waals surface area contributed by atoms with Crippen LogP contribution in [0.5, 0.6) is 0 Å². The number of nitrogens with zero attached hydrogens (tertiary/aromatic N) is 3. The first-order chi connectivity index (χ1) is 9.29. The van der Waals surface area contributed by atoms with Crippen molar-refractivity contribution >= 4 is 38.1 Å². The second kappa shape index (κ2) is 5.54. The van der Waals surface area contributed by atoms with Gasteiger partial charge in [-0.1, -0.05) is 29.5 Å².